The van der Waals surface area contributed by atoms with Gasteiger partial charge in [0.1, 0.15) is 5.82 Å². The van der Waals surface area contributed by atoms with Crippen molar-refractivity contribution in [2.24, 2.45) is 0 Å². The van der Waals surface area contributed by atoms with E-state index in [-0.39, 0.29) is 18.0 Å². The van der Waals surface area contributed by atoms with Gasteiger partial charge in [-0.15, -0.1) is 0 Å². The lowest BCUT2D eigenvalue weighted by molar-refractivity contribution is 0.0742. The first-order valence-corrected chi connectivity index (χ1v) is 7.46. The van der Waals surface area contributed by atoms with E-state index in [2.05, 4.69) is 10.1 Å². The van der Waals surface area contributed by atoms with E-state index in [9.17, 15) is 9.18 Å². The molecule has 0 saturated heterocycles. The average molecular weight is 303 g/mol. The summed E-state index contributed by atoms with van der Waals surface area (Å²) in [5.74, 6) is 0.606. The van der Waals surface area contributed by atoms with Crippen LogP contribution in [0.25, 0.3) is 0 Å². The number of aromatic nitrogens is 2. The van der Waals surface area contributed by atoms with Gasteiger partial charge >= 0.3 is 0 Å². The Bertz CT molecular complexity index is 694. The van der Waals surface area contributed by atoms with E-state index in [0.29, 0.717) is 24.2 Å². The molecule has 0 N–H and O–H groups in total. The normalized spacial score (nSPS) is 14.1. The molecule has 2 aromatic rings. The van der Waals surface area contributed by atoms with E-state index in [0.717, 1.165) is 18.4 Å². The van der Waals surface area contributed by atoms with Gasteiger partial charge in [-0.3, -0.25) is 4.79 Å². The topological polar surface area (TPSA) is 59.2 Å². The number of hydrogen-bond acceptors (Lipinski definition) is 4. The molecule has 1 amide bonds. The monoisotopic (exact) mass is 303 g/mol. The Morgan fingerprint density at radius 2 is 2.23 bits per heavy atom. The van der Waals surface area contributed by atoms with Crippen molar-refractivity contribution >= 4 is 5.91 Å². The van der Waals surface area contributed by atoms with E-state index >= 15 is 0 Å². The number of rotatable bonds is 5. The van der Waals surface area contributed by atoms with Gasteiger partial charge in [0.05, 0.1) is 12.1 Å². The number of hydrogen-bond donors (Lipinski definition) is 0. The minimum atomic E-state index is -0.513. The molecule has 0 atom stereocenters. The van der Waals surface area contributed by atoms with Crippen molar-refractivity contribution in [2.75, 3.05) is 6.54 Å². The zero-order valence-electron chi connectivity index (χ0n) is 12.7. The van der Waals surface area contributed by atoms with Gasteiger partial charge in [0, 0.05) is 12.5 Å². The third kappa shape index (κ3) is 3.00. The van der Waals surface area contributed by atoms with Gasteiger partial charge in [-0.05, 0) is 38.8 Å². The van der Waals surface area contributed by atoms with Gasteiger partial charge in [-0.2, -0.15) is 4.98 Å². The van der Waals surface area contributed by atoms with E-state index in [4.69, 9.17) is 4.52 Å². The largest absolute Gasteiger partial charge is 0.339 e. The van der Waals surface area contributed by atoms with Crippen LogP contribution in [0, 0.1) is 12.7 Å². The van der Waals surface area contributed by atoms with Crippen molar-refractivity contribution in [1.29, 1.82) is 0 Å². The number of nitrogens with zero attached hydrogens (tertiary/aromatic N) is 3. The van der Waals surface area contributed by atoms with Crippen molar-refractivity contribution in [2.45, 2.75) is 39.2 Å². The maximum absolute atomic E-state index is 13.9. The summed E-state index contributed by atoms with van der Waals surface area (Å²) < 4.78 is 19.1. The second-order valence-corrected chi connectivity index (χ2v) is 5.63. The first kappa shape index (κ1) is 14.7. The summed E-state index contributed by atoms with van der Waals surface area (Å²) in [5, 5.41) is 3.91. The van der Waals surface area contributed by atoms with Crippen molar-refractivity contribution in [3.05, 3.63) is 46.9 Å². The first-order chi connectivity index (χ1) is 10.6. The summed E-state index contributed by atoms with van der Waals surface area (Å²) in [6.07, 6.45) is 2.15. The third-order valence-electron chi connectivity index (χ3n) is 3.76. The van der Waals surface area contributed by atoms with Crippen LogP contribution in [-0.2, 0) is 6.54 Å². The lowest BCUT2D eigenvalue weighted by atomic mass is 10.1. The Morgan fingerprint density at radius 1 is 1.45 bits per heavy atom. The molecule has 1 aromatic heterocycles. The van der Waals surface area contributed by atoms with Crippen LogP contribution in [0.5, 0.6) is 0 Å². The molecule has 22 heavy (non-hydrogen) atoms. The van der Waals surface area contributed by atoms with Crippen LogP contribution < -0.4 is 0 Å². The Kier molecular flexibility index (Phi) is 3.92. The molecule has 0 bridgehead atoms. The van der Waals surface area contributed by atoms with E-state index in [1.165, 1.54) is 11.0 Å². The molecule has 0 radical (unpaired) electrons. The van der Waals surface area contributed by atoms with Crippen LogP contribution in [-0.4, -0.2) is 27.5 Å². The summed E-state index contributed by atoms with van der Waals surface area (Å²) >= 11 is 0. The molecule has 1 aliphatic rings. The van der Waals surface area contributed by atoms with Gasteiger partial charge in [0.2, 0.25) is 5.89 Å². The van der Waals surface area contributed by atoms with E-state index in [1.54, 1.807) is 12.1 Å². The number of carbonyl (C=O) groups is 1. The smallest absolute Gasteiger partial charge is 0.257 e. The van der Waals surface area contributed by atoms with Crippen molar-refractivity contribution < 1.29 is 13.7 Å². The van der Waals surface area contributed by atoms with Crippen LogP contribution in [0.4, 0.5) is 4.39 Å². The number of benzene rings is 1. The lowest BCUT2D eigenvalue weighted by Gasteiger charge is -2.19. The molecule has 0 spiro atoms. The Hall–Kier alpha value is -2.24. The molecule has 1 aromatic carbocycles. The van der Waals surface area contributed by atoms with Crippen LogP contribution in [0.15, 0.2) is 22.7 Å². The van der Waals surface area contributed by atoms with Gasteiger partial charge in [-0.25, -0.2) is 4.39 Å². The van der Waals surface area contributed by atoms with Crippen LogP contribution in [0.1, 0.15) is 53.3 Å². The molecule has 0 unspecified atom stereocenters. The number of aryl methyl sites for hydroxylation is 1. The van der Waals surface area contributed by atoms with Crippen molar-refractivity contribution in [1.82, 2.24) is 15.0 Å². The highest BCUT2D eigenvalue weighted by Crippen LogP contribution is 2.38. The fourth-order valence-corrected chi connectivity index (χ4v) is 2.30. The molecule has 116 valence electrons. The summed E-state index contributed by atoms with van der Waals surface area (Å²) in [4.78, 5) is 18.3. The molecule has 5 nitrogen and oxygen atoms in total. The zero-order valence-corrected chi connectivity index (χ0v) is 12.7. The Morgan fingerprint density at radius 3 is 2.91 bits per heavy atom. The Labute approximate surface area is 128 Å². The molecule has 1 saturated carbocycles. The first-order valence-electron chi connectivity index (χ1n) is 7.46. The molecular formula is C16H18FN3O2. The predicted molar refractivity (Wildman–Crippen MR) is 77.8 cm³/mol. The predicted octanol–water partition coefficient (Wildman–Crippen LogP) is 3.06. The number of amides is 1. The molecule has 1 heterocycles. The highest BCUT2D eigenvalue weighted by atomic mass is 19.1. The highest BCUT2D eigenvalue weighted by molar-refractivity contribution is 5.94. The summed E-state index contributed by atoms with van der Waals surface area (Å²) in [6, 6.07) is 4.52. The third-order valence-corrected chi connectivity index (χ3v) is 3.76. The molecule has 6 heteroatoms. The van der Waals surface area contributed by atoms with E-state index in [1.807, 2.05) is 13.8 Å². The number of halogens is 1. The SMILES string of the molecule is CCN(Cc1noc(C2CC2)n1)C(=O)c1cc(C)ccc1F. The minimum Gasteiger partial charge on any atom is -0.339 e. The molecule has 3 rings (SSSR count). The second-order valence-electron chi connectivity index (χ2n) is 5.63. The minimum absolute atomic E-state index is 0.0766. The summed E-state index contributed by atoms with van der Waals surface area (Å²) in [5.41, 5.74) is 0.921. The van der Waals surface area contributed by atoms with Gasteiger partial charge < -0.3 is 9.42 Å². The molecule has 0 aliphatic heterocycles. The second kappa shape index (κ2) is 5.87. The standard InChI is InChI=1S/C16H18FN3O2/c1-3-20(9-14-18-15(22-19-14)11-5-6-11)16(21)12-8-10(2)4-7-13(12)17/h4,7-8,11H,3,5-6,9H2,1-2H3. The van der Waals surface area contributed by atoms with Crippen molar-refractivity contribution in [3.8, 4) is 0 Å². The van der Waals surface area contributed by atoms with Crippen LogP contribution in [0.2, 0.25) is 0 Å². The Balaban J connectivity index is 1.77. The summed E-state index contributed by atoms with van der Waals surface area (Å²) in [6.45, 7) is 4.33. The maximum Gasteiger partial charge on any atom is 0.257 e. The van der Waals surface area contributed by atoms with Gasteiger partial charge in [0.25, 0.3) is 5.91 Å². The number of carbonyl (C=O) groups excluding carboxylic acids is 1. The molecule has 1 fully saturated rings. The highest BCUT2D eigenvalue weighted by Gasteiger charge is 2.30. The summed E-state index contributed by atoms with van der Waals surface area (Å²) in [7, 11) is 0. The average Bonchev–Trinajstić information content (AvgIpc) is 3.26. The fourth-order valence-electron chi connectivity index (χ4n) is 2.30. The van der Waals surface area contributed by atoms with Crippen LogP contribution >= 0.6 is 0 Å². The molecular weight excluding hydrogens is 285 g/mol. The van der Waals surface area contributed by atoms with Crippen molar-refractivity contribution in [3.63, 3.8) is 0 Å². The van der Waals surface area contributed by atoms with Gasteiger partial charge in [-0.1, -0.05) is 16.8 Å². The van der Waals surface area contributed by atoms with Crippen LogP contribution in [0.3, 0.4) is 0 Å². The van der Waals surface area contributed by atoms with E-state index < -0.39 is 5.82 Å². The zero-order chi connectivity index (χ0) is 15.7. The lowest BCUT2D eigenvalue weighted by Crippen LogP contribution is -2.31. The quantitative estimate of drug-likeness (QED) is 0.851. The molecule has 1 aliphatic carbocycles. The maximum atomic E-state index is 13.9. The fraction of sp³-hybridized carbons (Fsp3) is 0.438. The van der Waals surface area contributed by atoms with Gasteiger partial charge in [0.15, 0.2) is 5.82 Å².